The van der Waals surface area contributed by atoms with Crippen LogP contribution in [-0.2, 0) is 19.3 Å². The zero-order valence-corrected chi connectivity index (χ0v) is 52.1. The van der Waals surface area contributed by atoms with Crippen LogP contribution in [0.15, 0.2) is 218 Å². The Hall–Kier alpha value is -9.26. The SMILES string of the molecule is C.C.C.C.[C-]#[N+]c1ccc(-c2ccc(-c3ccc(CCCCC)cc3)cc2)cc1.[C-]#[N+]c1ccc(-c2ccc(CCCCC)cc2)cc1.[C-]#[N+]c1ccc(-c2ccc(CCCCCCC)cc2)cc1.[C-]#[N+]c1ccc(-c2ccc(OCCCCCCC)cc2)cc1. The zero-order chi connectivity index (χ0) is 61.5. The van der Waals surface area contributed by atoms with Gasteiger partial charge >= 0.3 is 0 Å². The van der Waals surface area contributed by atoms with Gasteiger partial charge in [0, 0.05) is 0 Å². The Kier molecular flexibility index (Phi) is 39.3. The van der Waals surface area contributed by atoms with E-state index in [1.807, 2.05) is 109 Å². The fourth-order valence-corrected chi connectivity index (χ4v) is 10.1. The molecule has 0 amide bonds. The first kappa shape index (κ1) is 77.8. The van der Waals surface area contributed by atoms with E-state index >= 15 is 0 Å². The average molecular weight is 1210 g/mol. The molecule has 0 bridgehead atoms. The van der Waals surface area contributed by atoms with Crippen LogP contribution >= 0.6 is 0 Å². The van der Waals surface area contributed by atoms with Gasteiger partial charge in [-0.25, -0.2) is 19.4 Å². The van der Waals surface area contributed by atoms with Gasteiger partial charge in [-0.1, -0.05) is 341 Å². The van der Waals surface area contributed by atoms with Crippen LogP contribution in [0, 0.1) is 26.3 Å². The second-order valence-corrected chi connectivity index (χ2v) is 22.2. The molecule has 5 nitrogen and oxygen atoms in total. The zero-order valence-electron chi connectivity index (χ0n) is 52.1. The van der Waals surface area contributed by atoms with Crippen LogP contribution in [0.1, 0.15) is 177 Å². The summed E-state index contributed by atoms with van der Waals surface area (Å²) in [7, 11) is 0. The number of hydrogen-bond donors (Lipinski definition) is 0. The summed E-state index contributed by atoms with van der Waals surface area (Å²) in [6.45, 7) is 37.7. The van der Waals surface area contributed by atoms with Crippen LogP contribution < -0.4 is 4.74 Å². The van der Waals surface area contributed by atoms with E-state index < -0.39 is 0 Å². The highest BCUT2D eigenvalue weighted by Gasteiger charge is 2.05. The van der Waals surface area contributed by atoms with E-state index in [4.69, 9.17) is 31.0 Å². The van der Waals surface area contributed by atoms with Gasteiger partial charge in [0.25, 0.3) is 0 Å². The van der Waals surface area contributed by atoms with Gasteiger partial charge in [0.1, 0.15) is 5.75 Å². The van der Waals surface area contributed by atoms with Gasteiger partial charge in [0.2, 0.25) is 0 Å². The monoisotopic (exact) mass is 1210 g/mol. The Balaban J connectivity index is 0.000000409. The lowest BCUT2D eigenvalue weighted by molar-refractivity contribution is 0.304. The van der Waals surface area contributed by atoms with E-state index in [1.165, 1.54) is 171 Å². The molecule has 9 rings (SSSR count). The molecular weight excluding hydrogens is 1100 g/mol. The molecule has 0 aliphatic heterocycles. The molecule has 0 aromatic heterocycles. The number of nitrogens with zero attached hydrogens (tertiary/aromatic N) is 4. The van der Waals surface area contributed by atoms with Gasteiger partial charge in [0.05, 0.1) is 32.9 Å². The minimum atomic E-state index is 0. The van der Waals surface area contributed by atoms with E-state index in [0.717, 1.165) is 35.5 Å². The van der Waals surface area contributed by atoms with E-state index in [2.05, 4.69) is 156 Å². The Bertz CT molecular complexity index is 3500. The van der Waals surface area contributed by atoms with Gasteiger partial charge in [-0.05, 0) is 129 Å². The first-order valence-corrected chi connectivity index (χ1v) is 31.8. The Morgan fingerprint density at radius 2 is 0.418 bits per heavy atom. The molecular formula is C86H104N4O. The van der Waals surface area contributed by atoms with E-state index in [0.29, 0.717) is 22.7 Å². The predicted octanol–water partition coefficient (Wildman–Crippen LogP) is 28.2. The minimum Gasteiger partial charge on any atom is -0.494 e. The quantitative estimate of drug-likeness (QED) is 0.0392. The molecule has 0 unspecified atom stereocenters. The summed E-state index contributed by atoms with van der Waals surface area (Å²) < 4.78 is 5.77. The van der Waals surface area contributed by atoms with Crippen LogP contribution in [0.4, 0.5) is 22.7 Å². The number of unbranched alkanes of at least 4 members (excludes halogenated alkanes) is 12. The largest absolute Gasteiger partial charge is 0.494 e. The molecule has 5 heteroatoms. The van der Waals surface area contributed by atoms with Crippen molar-refractivity contribution < 1.29 is 4.74 Å². The molecule has 9 aromatic carbocycles. The summed E-state index contributed by atoms with van der Waals surface area (Å²) in [5.41, 5.74) is 18.9. The fraction of sp³-hybridized carbons (Fsp3) is 0.326. The highest BCUT2D eigenvalue weighted by atomic mass is 16.5. The van der Waals surface area contributed by atoms with Crippen LogP contribution in [0.5, 0.6) is 5.75 Å². The first-order chi connectivity index (χ1) is 42.8. The maximum Gasteiger partial charge on any atom is 0.187 e. The summed E-state index contributed by atoms with van der Waals surface area (Å²) in [5.74, 6) is 0.928. The van der Waals surface area contributed by atoms with Crippen LogP contribution in [-0.4, -0.2) is 6.61 Å². The van der Waals surface area contributed by atoms with Gasteiger partial charge in [-0.3, -0.25) is 0 Å². The van der Waals surface area contributed by atoms with Crippen LogP contribution in [0.2, 0.25) is 0 Å². The van der Waals surface area contributed by atoms with Crippen molar-refractivity contribution in [1.29, 1.82) is 0 Å². The van der Waals surface area contributed by atoms with E-state index in [-0.39, 0.29) is 29.7 Å². The lowest BCUT2D eigenvalue weighted by atomic mass is 9.98. The lowest BCUT2D eigenvalue weighted by Crippen LogP contribution is -1.97. The Morgan fingerprint density at radius 1 is 0.231 bits per heavy atom. The molecule has 9 aromatic rings. The average Bonchev–Trinajstić information content (AvgIpc) is 1.72. The second-order valence-electron chi connectivity index (χ2n) is 22.2. The molecule has 0 atom stereocenters. The fourth-order valence-electron chi connectivity index (χ4n) is 10.1. The van der Waals surface area contributed by atoms with Crippen molar-refractivity contribution in [1.82, 2.24) is 0 Å². The Labute approximate surface area is 552 Å². The summed E-state index contributed by atoms with van der Waals surface area (Å²) >= 11 is 0. The Morgan fingerprint density at radius 3 is 0.659 bits per heavy atom. The van der Waals surface area contributed by atoms with E-state index in [9.17, 15) is 0 Å². The third kappa shape index (κ3) is 28.0. The van der Waals surface area contributed by atoms with Crippen molar-refractivity contribution in [2.24, 2.45) is 0 Å². The minimum absolute atomic E-state index is 0. The molecule has 0 heterocycles. The maximum absolute atomic E-state index is 7.03. The molecule has 0 saturated carbocycles. The van der Waals surface area contributed by atoms with Gasteiger partial charge < -0.3 is 4.74 Å². The van der Waals surface area contributed by atoms with E-state index in [1.54, 1.807) is 0 Å². The maximum atomic E-state index is 7.03. The second kappa shape index (κ2) is 45.9. The van der Waals surface area contributed by atoms with Gasteiger partial charge in [-0.2, -0.15) is 0 Å². The summed E-state index contributed by atoms with van der Waals surface area (Å²) in [5, 5.41) is 0. The number of aryl methyl sites for hydroxylation is 3. The molecule has 0 saturated heterocycles. The summed E-state index contributed by atoms with van der Waals surface area (Å²) in [4.78, 5) is 13.7. The molecule has 0 radical (unpaired) electrons. The smallest absolute Gasteiger partial charge is 0.187 e. The number of benzene rings is 9. The summed E-state index contributed by atoms with van der Waals surface area (Å²) in [6.07, 6.45) is 24.2. The third-order valence-corrected chi connectivity index (χ3v) is 15.5. The molecule has 0 aliphatic rings. The summed E-state index contributed by atoms with van der Waals surface area (Å²) in [6, 6.07) is 74.4. The van der Waals surface area contributed by atoms with Crippen LogP contribution in [0.25, 0.3) is 75.0 Å². The van der Waals surface area contributed by atoms with Crippen molar-refractivity contribution in [3.05, 3.63) is 281 Å². The van der Waals surface area contributed by atoms with Gasteiger partial charge in [-0.15, -0.1) is 0 Å². The van der Waals surface area contributed by atoms with Crippen molar-refractivity contribution in [2.75, 3.05) is 6.61 Å². The molecule has 0 aliphatic carbocycles. The number of rotatable bonds is 26. The third-order valence-electron chi connectivity index (χ3n) is 15.5. The molecule has 0 fully saturated rings. The molecule has 474 valence electrons. The first-order valence-electron chi connectivity index (χ1n) is 31.8. The standard InChI is InChI=1S/C24H23N.C20H23NO.C20H23N.C18H19N.4CH4/c1-3-4-5-6-19-7-9-20(10-8-19)21-11-13-22(14-12-21)23-15-17-24(25-2)18-16-23;1-3-4-5-6-7-16-22-20-14-10-18(11-15-20)17-8-12-19(21-2)13-9-17;1-3-4-5-6-7-8-17-9-11-18(12-10-17)19-13-15-20(21-2)16-14-19;1-3-4-5-6-15-7-9-16(10-8-15)17-11-13-18(19-2)14-12-17;;;;/h7-18H,3-6H2,1H3;8-15H,3-7,16H2,1H3;9-16H,3-8H2,1H3;7-14H,3-6H2,1H3;4*1H4. The highest BCUT2D eigenvalue weighted by Crippen LogP contribution is 2.30. The normalized spacial score (nSPS) is 9.80. The lowest BCUT2D eigenvalue weighted by Gasteiger charge is -2.07. The van der Waals surface area contributed by atoms with Crippen molar-refractivity contribution in [2.45, 2.75) is 179 Å². The van der Waals surface area contributed by atoms with Gasteiger partial charge in [0.15, 0.2) is 22.7 Å². The van der Waals surface area contributed by atoms with Crippen molar-refractivity contribution in [3.63, 3.8) is 0 Å². The molecule has 0 N–H and O–H groups in total. The number of hydrogen-bond acceptors (Lipinski definition) is 1. The molecule has 0 spiro atoms. The van der Waals surface area contributed by atoms with Crippen molar-refractivity contribution in [3.8, 4) is 61.4 Å². The number of ether oxygens (including phenoxy) is 1. The topological polar surface area (TPSA) is 26.7 Å². The predicted molar refractivity (Wildman–Crippen MR) is 398 cm³/mol. The molecule has 91 heavy (non-hydrogen) atoms. The van der Waals surface area contributed by atoms with Crippen molar-refractivity contribution >= 4 is 22.7 Å². The van der Waals surface area contributed by atoms with Crippen LogP contribution in [0.3, 0.4) is 0 Å². The highest BCUT2D eigenvalue weighted by molar-refractivity contribution is 5.72.